The number of anilines is 2. The van der Waals surface area contributed by atoms with Crippen molar-refractivity contribution < 1.29 is 23.9 Å². The van der Waals surface area contributed by atoms with Crippen LogP contribution in [0.4, 0.5) is 16.2 Å². The van der Waals surface area contributed by atoms with Gasteiger partial charge in [0.25, 0.3) is 11.8 Å². The number of benzene rings is 1. The molecule has 9 nitrogen and oxygen atoms in total. The highest BCUT2D eigenvalue weighted by molar-refractivity contribution is 6.04. The maximum Gasteiger partial charge on any atom is 0.322 e. The number of imide groups is 1. The molecule has 0 unspecified atom stereocenters. The minimum atomic E-state index is -0.690. The van der Waals surface area contributed by atoms with Gasteiger partial charge in [-0.05, 0) is 24.6 Å². The number of rotatable bonds is 4. The lowest BCUT2D eigenvalue weighted by atomic mass is 10.1. The van der Waals surface area contributed by atoms with Crippen LogP contribution in [0.3, 0.4) is 0 Å². The van der Waals surface area contributed by atoms with Gasteiger partial charge in [0.15, 0.2) is 6.61 Å². The van der Waals surface area contributed by atoms with Crippen LogP contribution < -0.4 is 26.0 Å². The summed E-state index contributed by atoms with van der Waals surface area (Å²) >= 11 is 0. The van der Waals surface area contributed by atoms with Crippen molar-refractivity contribution in [3.8, 4) is 5.75 Å². The van der Waals surface area contributed by atoms with Gasteiger partial charge in [0.05, 0.1) is 5.69 Å². The molecular formula is C14H14N4O5. The molecule has 1 aromatic carbocycles. The Morgan fingerprint density at radius 1 is 1.26 bits per heavy atom. The van der Waals surface area contributed by atoms with Crippen LogP contribution in [0.25, 0.3) is 0 Å². The lowest BCUT2D eigenvalue weighted by Crippen LogP contribution is -2.30. The van der Waals surface area contributed by atoms with Crippen molar-refractivity contribution in [2.24, 2.45) is 0 Å². The Morgan fingerprint density at radius 2 is 2.09 bits per heavy atom. The van der Waals surface area contributed by atoms with E-state index in [1.165, 1.54) is 0 Å². The third kappa shape index (κ3) is 3.39. The van der Waals surface area contributed by atoms with E-state index >= 15 is 0 Å². The summed E-state index contributed by atoms with van der Waals surface area (Å²) in [5.41, 5.74) is 0.987. The second-order valence-corrected chi connectivity index (χ2v) is 5.15. The summed E-state index contributed by atoms with van der Waals surface area (Å²) in [4.78, 5) is 45.5. The van der Waals surface area contributed by atoms with Crippen LogP contribution in [-0.2, 0) is 14.4 Å². The van der Waals surface area contributed by atoms with Gasteiger partial charge in [-0.15, -0.1) is 0 Å². The molecule has 2 heterocycles. The molecule has 23 heavy (non-hydrogen) atoms. The fraction of sp³-hybridized carbons (Fsp3) is 0.286. The molecule has 2 aliphatic heterocycles. The van der Waals surface area contributed by atoms with E-state index in [9.17, 15) is 19.2 Å². The highest BCUT2D eigenvalue weighted by Crippen LogP contribution is 2.30. The number of carbonyl (C=O) groups is 4. The zero-order valence-electron chi connectivity index (χ0n) is 12.0. The average molecular weight is 318 g/mol. The van der Waals surface area contributed by atoms with E-state index in [-0.39, 0.29) is 31.3 Å². The smallest absolute Gasteiger partial charge is 0.322 e. The standard InChI is InChI=1S/C14H14N4O5/c19-11(4-2-8-13(21)18-14(22)17-8)15-7-1-3-10-9(5-7)16-12(20)6-23-10/h1,3,5,8H,2,4,6H2,(H,15,19)(H,16,20)(H2,17,18,21,22)/t8-/m1/s1. The van der Waals surface area contributed by atoms with Gasteiger partial charge in [-0.25, -0.2) is 4.79 Å². The Bertz CT molecular complexity index is 702. The molecule has 2 aliphatic rings. The molecule has 3 rings (SSSR count). The van der Waals surface area contributed by atoms with E-state index in [1.807, 2.05) is 0 Å². The van der Waals surface area contributed by atoms with E-state index in [0.29, 0.717) is 17.1 Å². The first-order valence-electron chi connectivity index (χ1n) is 6.99. The van der Waals surface area contributed by atoms with Crippen LogP contribution >= 0.6 is 0 Å². The lowest BCUT2D eigenvalue weighted by Gasteiger charge is -2.18. The van der Waals surface area contributed by atoms with E-state index in [2.05, 4.69) is 21.3 Å². The Hall–Kier alpha value is -3.10. The molecular weight excluding hydrogens is 304 g/mol. The minimum absolute atomic E-state index is 0.0339. The molecule has 0 saturated carbocycles. The monoisotopic (exact) mass is 318 g/mol. The molecule has 5 amide bonds. The quantitative estimate of drug-likeness (QED) is 0.579. The Kier molecular flexibility index (Phi) is 3.83. The first-order chi connectivity index (χ1) is 11.0. The molecule has 0 aliphatic carbocycles. The fourth-order valence-electron chi connectivity index (χ4n) is 2.32. The number of amides is 5. The van der Waals surface area contributed by atoms with Crippen molar-refractivity contribution in [2.45, 2.75) is 18.9 Å². The normalized spacial score (nSPS) is 19.1. The van der Waals surface area contributed by atoms with Gasteiger partial charge in [0, 0.05) is 12.1 Å². The molecule has 0 aromatic heterocycles. The highest BCUT2D eigenvalue weighted by atomic mass is 16.5. The van der Waals surface area contributed by atoms with Crippen LogP contribution in [0.1, 0.15) is 12.8 Å². The van der Waals surface area contributed by atoms with Gasteiger partial charge in [0.2, 0.25) is 5.91 Å². The van der Waals surface area contributed by atoms with Crippen molar-refractivity contribution in [2.75, 3.05) is 17.2 Å². The van der Waals surface area contributed by atoms with E-state index < -0.39 is 18.0 Å². The van der Waals surface area contributed by atoms with Crippen molar-refractivity contribution in [1.29, 1.82) is 0 Å². The van der Waals surface area contributed by atoms with Gasteiger partial charge in [-0.2, -0.15) is 0 Å². The summed E-state index contributed by atoms with van der Waals surface area (Å²) in [7, 11) is 0. The van der Waals surface area contributed by atoms with Crippen LogP contribution in [0.2, 0.25) is 0 Å². The minimum Gasteiger partial charge on any atom is -0.482 e. The molecule has 0 bridgehead atoms. The summed E-state index contributed by atoms with van der Waals surface area (Å²) < 4.78 is 5.22. The maximum absolute atomic E-state index is 11.9. The first-order valence-corrected chi connectivity index (χ1v) is 6.99. The maximum atomic E-state index is 11.9. The number of hydrogen-bond acceptors (Lipinski definition) is 5. The zero-order chi connectivity index (χ0) is 16.4. The zero-order valence-corrected chi connectivity index (χ0v) is 12.0. The summed E-state index contributed by atoms with van der Waals surface area (Å²) in [5.74, 6) is -0.463. The van der Waals surface area contributed by atoms with Crippen molar-refractivity contribution in [3.05, 3.63) is 18.2 Å². The Balaban J connectivity index is 1.56. The summed E-state index contributed by atoms with van der Waals surface area (Å²) in [6.45, 7) is -0.0339. The lowest BCUT2D eigenvalue weighted by molar-refractivity contribution is -0.121. The Labute approximate surface area is 130 Å². The van der Waals surface area contributed by atoms with Crippen LogP contribution in [-0.4, -0.2) is 36.4 Å². The molecule has 9 heteroatoms. The van der Waals surface area contributed by atoms with Crippen molar-refractivity contribution >= 4 is 35.1 Å². The molecule has 120 valence electrons. The van der Waals surface area contributed by atoms with Crippen molar-refractivity contribution in [3.63, 3.8) is 0 Å². The fourth-order valence-corrected chi connectivity index (χ4v) is 2.32. The van der Waals surface area contributed by atoms with Crippen molar-refractivity contribution in [1.82, 2.24) is 10.6 Å². The van der Waals surface area contributed by atoms with Crippen LogP contribution in [0.5, 0.6) is 5.75 Å². The van der Waals surface area contributed by atoms with E-state index in [4.69, 9.17) is 4.74 Å². The molecule has 1 saturated heterocycles. The van der Waals surface area contributed by atoms with Gasteiger partial charge < -0.3 is 20.7 Å². The Morgan fingerprint density at radius 3 is 2.83 bits per heavy atom. The topological polar surface area (TPSA) is 126 Å². The number of carbonyl (C=O) groups excluding carboxylic acids is 4. The molecule has 0 spiro atoms. The van der Waals surface area contributed by atoms with Gasteiger partial charge in [-0.3, -0.25) is 19.7 Å². The summed E-state index contributed by atoms with van der Waals surface area (Å²) in [5, 5.41) is 9.84. The third-order valence-corrected chi connectivity index (χ3v) is 3.41. The second kappa shape index (κ2) is 5.95. The predicted octanol–water partition coefficient (Wildman–Crippen LogP) is -0.0558. The number of urea groups is 1. The summed E-state index contributed by atoms with van der Waals surface area (Å²) in [6, 6.07) is 3.65. The van der Waals surface area contributed by atoms with E-state index in [1.54, 1.807) is 18.2 Å². The highest BCUT2D eigenvalue weighted by Gasteiger charge is 2.29. The number of hydrogen-bond donors (Lipinski definition) is 4. The predicted molar refractivity (Wildman–Crippen MR) is 78.9 cm³/mol. The van der Waals surface area contributed by atoms with Crippen LogP contribution in [0, 0.1) is 0 Å². The van der Waals surface area contributed by atoms with Gasteiger partial charge >= 0.3 is 6.03 Å². The molecule has 1 fully saturated rings. The molecule has 0 radical (unpaired) electrons. The van der Waals surface area contributed by atoms with Gasteiger partial charge in [-0.1, -0.05) is 0 Å². The number of nitrogens with one attached hydrogen (secondary N) is 4. The number of fused-ring (bicyclic) bond motifs is 1. The van der Waals surface area contributed by atoms with Crippen LogP contribution in [0.15, 0.2) is 18.2 Å². The SMILES string of the molecule is O=C(CC[C@H]1NC(=O)NC1=O)Nc1ccc2c(c1)NC(=O)CO2. The third-order valence-electron chi connectivity index (χ3n) is 3.41. The van der Waals surface area contributed by atoms with E-state index in [0.717, 1.165) is 0 Å². The molecule has 1 atom stereocenters. The first kappa shape index (κ1) is 14.8. The van der Waals surface area contributed by atoms with Gasteiger partial charge in [0.1, 0.15) is 11.8 Å². The molecule has 4 N–H and O–H groups in total. The molecule has 1 aromatic rings. The average Bonchev–Trinajstić information content (AvgIpc) is 2.82. The second-order valence-electron chi connectivity index (χ2n) is 5.15. The largest absolute Gasteiger partial charge is 0.482 e. The summed E-state index contributed by atoms with van der Waals surface area (Å²) in [6.07, 6.45) is 0.270. The number of ether oxygens (including phenoxy) is 1.